The molecule has 0 radical (unpaired) electrons. The predicted octanol–water partition coefficient (Wildman–Crippen LogP) is 2.93. The molecule has 74 valence electrons. The lowest BCUT2D eigenvalue weighted by Crippen LogP contribution is -2.16. The molecule has 0 fully saturated rings. The average Bonchev–Trinajstić information content (AvgIpc) is 1.97. The average molecular weight is 203 g/mol. The molecule has 0 saturated heterocycles. The molecule has 1 heterocycles. The number of hydrogen-bond acceptors (Lipinski definition) is 1. The smallest absolute Gasteiger partial charge is 0.129 e. The van der Waals surface area contributed by atoms with Crippen LogP contribution in [-0.4, -0.2) is 13.1 Å². The van der Waals surface area contributed by atoms with Gasteiger partial charge in [0, 0.05) is 17.0 Å². The molecule has 1 aromatic heterocycles. The first-order valence-corrected chi connectivity index (χ1v) is 8.35. The quantitative estimate of drug-likeness (QED) is 0.467. The monoisotopic (exact) mass is 203 g/mol. The van der Waals surface area contributed by atoms with Crippen molar-refractivity contribution < 1.29 is 0 Å². The van der Waals surface area contributed by atoms with E-state index in [1.165, 1.54) is 0 Å². The number of aromatic nitrogens is 1. The zero-order valence-electron chi connectivity index (χ0n) is 9.60. The lowest BCUT2D eigenvalue weighted by atomic mass is 10.2. The molecule has 1 rings (SSSR count). The Kier molecular flexibility index (Phi) is 3.12. The molecular formula is C12H17NSi. The standard InChI is InChI=1S/C12H17NSi/c1-10-8-12(9-11(2)13-10)6-7-14(3,4)5/h8-9H,1-5H3. The molecule has 0 unspecified atom stereocenters. The highest BCUT2D eigenvalue weighted by Crippen LogP contribution is 2.04. The predicted molar refractivity (Wildman–Crippen MR) is 63.9 cm³/mol. The van der Waals surface area contributed by atoms with E-state index in [0.29, 0.717) is 0 Å². The Hall–Kier alpha value is -1.07. The van der Waals surface area contributed by atoms with Crippen molar-refractivity contribution in [2.45, 2.75) is 33.5 Å². The van der Waals surface area contributed by atoms with Crippen LogP contribution in [0.3, 0.4) is 0 Å². The highest BCUT2D eigenvalue weighted by molar-refractivity contribution is 6.83. The van der Waals surface area contributed by atoms with Gasteiger partial charge < -0.3 is 0 Å². The normalized spacial score (nSPS) is 10.6. The van der Waals surface area contributed by atoms with Gasteiger partial charge in [-0.15, -0.1) is 5.54 Å². The lowest BCUT2D eigenvalue weighted by Gasteiger charge is -2.03. The minimum Gasteiger partial charge on any atom is -0.258 e. The Morgan fingerprint density at radius 3 is 2.00 bits per heavy atom. The van der Waals surface area contributed by atoms with E-state index in [1.54, 1.807) is 0 Å². The molecule has 0 aromatic carbocycles. The second kappa shape index (κ2) is 3.98. The van der Waals surface area contributed by atoms with E-state index in [2.05, 4.69) is 36.1 Å². The van der Waals surface area contributed by atoms with Crippen molar-refractivity contribution in [1.29, 1.82) is 0 Å². The first-order chi connectivity index (χ1) is 6.37. The van der Waals surface area contributed by atoms with E-state index in [9.17, 15) is 0 Å². The van der Waals surface area contributed by atoms with Crippen LogP contribution in [0.5, 0.6) is 0 Å². The summed E-state index contributed by atoms with van der Waals surface area (Å²) in [7, 11) is -1.26. The molecule has 0 bridgehead atoms. The van der Waals surface area contributed by atoms with Crippen molar-refractivity contribution in [2.75, 3.05) is 0 Å². The second-order valence-electron chi connectivity index (χ2n) is 4.64. The van der Waals surface area contributed by atoms with Crippen molar-refractivity contribution in [1.82, 2.24) is 4.98 Å². The Morgan fingerprint density at radius 1 is 1.07 bits per heavy atom. The topological polar surface area (TPSA) is 12.9 Å². The van der Waals surface area contributed by atoms with Gasteiger partial charge in [-0.2, -0.15) is 0 Å². The molecule has 1 nitrogen and oxygen atoms in total. The molecule has 0 N–H and O–H groups in total. The summed E-state index contributed by atoms with van der Waals surface area (Å²) in [4.78, 5) is 4.32. The van der Waals surface area contributed by atoms with Gasteiger partial charge in [-0.3, -0.25) is 4.98 Å². The largest absolute Gasteiger partial charge is 0.258 e. The van der Waals surface area contributed by atoms with Gasteiger partial charge in [0.2, 0.25) is 0 Å². The van der Waals surface area contributed by atoms with E-state index < -0.39 is 8.07 Å². The highest BCUT2D eigenvalue weighted by atomic mass is 28.3. The van der Waals surface area contributed by atoms with Crippen LogP contribution in [0, 0.1) is 25.3 Å². The molecule has 0 spiro atoms. The van der Waals surface area contributed by atoms with E-state index in [-0.39, 0.29) is 0 Å². The third-order valence-corrected chi connectivity index (χ3v) is 2.54. The van der Waals surface area contributed by atoms with Crippen LogP contribution in [-0.2, 0) is 0 Å². The Morgan fingerprint density at radius 2 is 1.57 bits per heavy atom. The highest BCUT2D eigenvalue weighted by Gasteiger charge is 2.07. The summed E-state index contributed by atoms with van der Waals surface area (Å²) in [6.07, 6.45) is 0. The summed E-state index contributed by atoms with van der Waals surface area (Å²) in [5, 5.41) is 0. The summed E-state index contributed by atoms with van der Waals surface area (Å²) in [5.41, 5.74) is 6.54. The Labute approximate surface area is 87.6 Å². The summed E-state index contributed by atoms with van der Waals surface area (Å²) in [5.74, 6) is 3.24. The van der Waals surface area contributed by atoms with E-state index in [4.69, 9.17) is 0 Å². The van der Waals surface area contributed by atoms with Gasteiger partial charge in [-0.25, -0.2) is 0 Å². The van der Waals surface area contributed by atoms with Crippen LogP contribution in [0.4, 0.5) is 0 Å². The van der Waals surface area contributed by atoms with Gasteiger partial charge in [0.25, 0.3) is 0 Å². The molecule has 0 amide bonds. The maximum absolute atomic E-state index is 4.32. The van der Waals surface area contributed by atoms with Crippen molar-refractivity contribution in [3.8, 4) is 11.5 Å². The van der Waals surface area contributed by atoms with Gasteiger partial charge in [0.15, 0.2) is 0 Å². The minimum absolute atomic E-state index is 1.05. The molecule has 1 aromatic rings. The number of aryl methyl sites for hydroxylation is 2. The Bertz CT molecular complexity index is 371. The molecule has 0 atom stereocenters. The molecule has 0 aliphatic rings. The number of pyridine rings is 1. The zero-order valence-corrected chi connectivity index (χ0v) is 10.6. The number of rotatable bonds is 0. The van der Waals surface area contributed by atoms with E-state index >= 15 is 0 Å². The third kappa shape index (κ3) is 3.76. The molecule has 0 saturated carbocycles. The lowest BCUT2D eigenvalue weighted by molar-refractivity contribution is 1.12. The van der Waals surface area contributed by atoms with Gasteiger partial charge in [0.1, 0.15) is 8.07 Å². The molecule has 0 aliphatic carbocycles. The van der Waals surface area contributed by atoms with Crippen LogP contribution < -0.4 is 0 Å². The summed E-state index contributed by atoms with van der Waals surface area (Å²) >= 11 is 0. The molecular weight excluding hydrogens is 186 g/mol. The molecule has 0 aliphatic heterocycles. The van der Waals surface area contributed by atoms with Crippen molar-refractivity contribution in [2.24, 2.45) is 0 Å². The van der Waals surface area contributed by atoms with Gasteiger partial charge in [0.05, 0.1) is 0 Å². The zero-order chi connectivity index (χ0) is 10.8. The van der Waals surface area contributed by atoms with Crippen molar-refractivity contribution in [3.63, 3.8) is 0 Å². The van der Waals surface area contributed by atoms with Crippen LogP contribution in [0.1, 0.15) is 17.0 Å². The maximum Gasteiger partial charge on any atom is 0.129 e. The summed E-state index contributed by atoms with van der Waals surface area (Å²) < 4.78 is 0. The SMILES string of the molecule is Cc1cc(C#C[Si](C)(C)C)cc(C)n1. The van der Waals surface area contributed by atoms with Crippen molar-refractivity contribution in [3.05, 3.63) is 29.1 Å². The van der Waals surface area contributed by atoms with E-state index in [1.807, 2.05) is 26.0 Å². The van der Waals surface area contributed by atoms with Crippen LogP contribution in [0.25, 0.3) is 0 Å². The minimum atomic E-state index is -1.26. The third-order valence-electron chi connectivity index (χ3n) is 1.66. The summed E-state index contributed by atoms with van der Waals surface area (Å²) in [6, 6.07) is 4.08. The van der Waals surface area contributed by atoms with Gasteiger partial charge >= 0.3 is 0 Å². The van der Waals surface area contributed by atoms with Crippen LogP contribution in [0.15, 0.2) is 12.1 Å². The van der Waals surface area contributed by atoms with E-state index in [0.717, 1.165) is 17.0 Å². The summed E-state index contributed by atoms with van der Waals surface area (Å²) in [6.45, 7) is 10.8. The van der Waals surface area contributed by atoms with Crippen LogP contribution in [0.2, 0.25) is 19.6 Å². The number of nitrogens with zero attached hydrogens (tertiary/aromatic N) is 1. The maximum atomic E-state index is 4.32. The fraction of sp³-hybridized carbons (Fsp3) is 0.417. The molecule has 2 heteroatoms. The fourth-order valence-corrected chi connectivity index (χ4v) is 1.69. The van der Waals surface area contributed by atoms with Crippen LogP contribution >= 0.6 is 0 Å². The Balaban J connectivity index is 3.02. The first-order valence-electron chi connectivity index (χ1n) is 4.85. The first kappa shape index (κ1) is 11.0. The second-order valence-corrected chi connectivity index (χ2v) is 9.39. The fourth-order valence-electron chi connectivity index (χ4n) is 1.17. The molecule has 14 heavy (non-hydrogen) atoms. The van der Waals surface area contributed by atoms with Gasteiger partial charge in [-0.05, 0) is 26.0 Å². The number of hydrogen-bond donors (Lipinski definition) is 0. The van der Waals surface area contributed by atoms with Gasteiger partial charge in [-0.1, -0.05) is 25.6 Å². The van der Waals surface area contributed by atoms with Crippen molar-refractivity contribution >= 4 is 8.07 Å².